The molecule has 0 aromatic carbocycles. The first-order chi connectivity index (χ1) is 21.3. The molecule has 3 saturated heterocycles. The van der Waals surface area contributed by atoms with Crippen LogP contribution < -0.4 is 0 Å². The van der Waals surface area contributed by atoms with Gasteiger partial charge in [-0.2, -0.15) is 0 Å². The highest BCUT2D eigenvalue weighted by Crippen LogP contribution is 2.54. The topological polar surface area (TPSA) is 115 Å². The van der Waals surface area contributed by atoms with E-state index in [-0.39, 0.29) is 109 Å². The molecule has 236 valence electrons. The molecule has 3 heterocycles. The number of carbonyl (C=O) groups is 6. The van der Waals surface area contributed by atoms with E-state index in [1.54, 1.807) is 9.80 Å². The van der Waals surface area contributed by atoms with E-state index in [0.717, 1.165) is 38.5 Å². The summed E-state index contributed by atoms with van der Waals surface area (Å²) < 4.78 is 0. The lowest BCUT2D eigenvalue weighted by Gasteiger charge is -2.40. The normalized spacial score (nSPS) is 36.2. The molecule has 4 bridgehead atoms. The molecule has 3 aliphatic heterocycles. The molecule has 0 aromatic heterocycles. The molecule has 10 heteroatoms. The first-order valence-electron chi connectivity index (χ1n) is 16.9. The van der Waals surface area contributed by atoms with Crippen LogP contribution in [0.2, 0.25) is 0 Å². The lowest BCUT2D eigenvalue weighted by molar-refractivity contribution is -0.156. The van der Waals surface area contributed by atoms with E-state index in [9.17, 15) is 28.8 Å². The minimum atomic E-state index is -0.817. The van der Waals surface area contributed by atoms with Crippen LogP contribution in [-0.4, -0.2) is 93.3 Å². The second-order valence-corrected chi connectivity index (χ2v) is 14.1. The molecular weight excluding hydrogens is 560 g/mol. The third-order valence-electron chi connectivity index (χ3n) is 11.8. The molecule has 10 atom stereocenters. The predicted octanol–water partition coefficient (Wildman–Crippen LogP) is 2.39. The first kappa shape index (κ1) is 29.4. The lowest BCUT2D eigenvalue weighted by atomic mass is 9.85. The molecule has 4 aliphatic carbocycles. The Balaban J connectivity index is 1.03. The smallest absolute Gasteiger partial charge is 0.245 e. The van der Waals surface area contributed by atoms with Gasteiger partial charge in [-0.15, -0.1) is 0 Å². The zero-order chi connectivity index (χ0) is 30.9. The summed E-state index contributed by atoms with van der Waals surface area (Å²) in [4.78, 5) is 88.1. The van der Waals surface area contributed by atoms with Crippen molar-refractivity contribution in [2.45, 2.75) is 77.3 Å². The highest BCUT2D eigenvalue weighted by atomic mass is 16.2. The summed E-state index contributed by atoms with van der Waals surface area (Å²) in [6.45, 7) is 5.18. The number of rotatable bonds is 10. The highest BCUT2D eigenvalue weighted by Gasteiger charge is 2.62. The van der Waals surface area contributed by atoms with Crippen molar-refractivity contribution in [3.8, 4) is 0 Å². The van der Waals surface area contributed by atoms with Gasteiger partial charge >= 0.3 is 0 Å². The van der Waals surface area contributed by atoms with Gasteiger partial charge < -0.3 is 9.80 Å². The number of nitrogens with zero attached hydrogens (tertiary/aromatic N) is 4. The molecule has 0 unspecified atom stereocenters. The molecule has 44 heavy (non-hydrogen) atoms. The number of fused-ring (bicyclic) bond motifs is 10. The van der Waals surface area contributed by atoms with Crippen LogP contribution in [0.25, 0.3) is 0 Å². The van der Waals surface area contributed by atoms with E-state index in [0.29, 0.717) is 12.8 Å². The van der Waals surface area contributed by atoms with Gasteiger partial charge in [0.2, 0.25) is 35.4 Å². The number of hydrogen-bond donors (Lipinski definition) is 0. The number of imide groups is 2. The maximum atomic E-state index is 14.0. The Bertz CT molecular complexity index is 1170. The van der Waals surface area contributed by atoms with Crippen molar-refractivity contribution in [1.82, 2.24) is 19.6 Å². The molecule has 5 fully saturated rings. The van der Waals surface area contributed by atoms with E-state index >= 15 is 0 Å². The molecule has 7 rings (SSSR count). The Kier molecular flexibility index (Phi) is 7.52. The average Bonchev–Trinajstić information content (AvgIpc) is 3.88. The van der Waals surface area contributed by atoms with Gasteiger partial charge in [0.15, 0.2) is 0 Å². The van der Waals surface area contributed by atoms with Crippen molar-refractivity contribution in [1.29, 1.82) is 0 Å². The molecule has 0 spiro atoms. The zero-order valence-electron chi connectivity index (χ0n) is 25.8. The van der Waals surface area contributed by atoms with Crippen LogP contribution in [0.15, 0.2) is 24.3 Å². The maximum absolute atomic E-state index is 14.0. The van der Waals surface area contributed by atoms with Gasteiger partial charge in [-0.3, -0.25) is 38.6 Å². The fourth-order valence-corrected chi connectivity index (χ4v) is 9.55. The van der Waals surface area contributed by atoms with Crippen LogP contribution in [0.3, 0.4) is 0 Å². The first-order valence-corrected chi connectivity index (χ1v) is 16.9. The fraction of sp³-hybridized carbons (Fsp3) is 0.706. The molecule has 0 aromatic rings. The third-order valence-corrected chi connectivity index (χ3v) is 11.8. The minimum Gasteiger partial charge on any atom is -0.337 e. The summed E-state index contributed by atoms with van der Waals surface area (Å²) >= 11 is 0. The molecule has 0 N–H and O–H groups in total. The van der Waals surface area contributed by atoms with Gasteiger partial charge in [0.25, 0.3) is 0 Å². The fourth-order valence-electron chi connectivity index (χ4n) is 9.55. The Morgan fingerprint density at radius 2 is 0.886 bits per heavy atom. The van der Waals surface area contributed by atoms with Crippen LogP contribution in [0.1, 0.15) is 65.2 Å². The number of piperazine rings is 1. The van der Waals surface area contributed by atoms with E-state index in [2.05, 4.69) is 24.3 Å². The highest BCUT2D eigenvalue weighted by molar-refractivity contribution is 6.10. The molecule has 7 aliphatic rings. The second kappa shape index (κ2) is 11.2. The van der Waals surface area contributed by atoms with E-state index in [1.807, 2.05) is 13.8 Å². The largest absolute Gasteiger partial charge is 0.337 e. The number of allylic oxidation sites excluding steroid dienone is 4. The zero-order valence-corrected chi connectivity index (χ0v) is 25.8. The van der Waals surface area contributed by atoms with Crippen molar-refractivity contribution in [2.75, 3.05) is 26.2 Å². The number of likely N-dealkylation sites (tertiary alicyclic amines) is 2. The summed E-state index contributed by atoms with van der Waals surface area (Å²) in [5.74, 6) is -2.28. The van der Waals surface area contributed by atoms with Crippen molar-refractivity contribution < 1.29 is 28.8 Å². The van der Waals surface area contributed by atoms with Gasteiger partial charge in [-0.05, 0) is 49.4 Å². The van der Waals surface area contributed by atoms with Gasteiger partial charge in [-0.25, -0.2) is 0 Å². The summed E-state index contributed by atoms with van der Waals surface area (Å²) in [5.41, 5.74) is 0. The van der Waals surface area contributed by atoms with E-state index in [4.69, 9.17) is 0 Å². The van der Waals surface area contributed by atoms with Crippen molar-refractivity contribution in [3.63, 3.8) is 0 Å². The number of unbranched alkanes of at least 4 members (excludes halogenated alkanes) is 2. The molecule has 2 saturated carbocycles. The Labute approximate surface area is 258 Å². The van der Waals surface area contributed by atoms with Crippen LogP contribution in [0.4, 0.5) is 0 Å². The third kappa shape index (κ3) is 4.33. The van der Waals surface area contributed by atoms with Gasteiger partial charge in [-0.1, -0.05) is 63.8 Å². The Hall–Kier alpha value is -3.30. The van der Waals surface area contributed by atoms with Crippen molar-refractivity contribution in [3.05, 3.63) is 24.3 Å². The second-order valence-electron chi connectivity index (χ2n) is 14.1. The summed E-state index contributed by atoms with van der Waals surface area (Å²) in [5, 5.41) is 0. The SMILES string of the molecule is CCCC[C@H](C(=O)N1CCN(C(=O)[C@H](CCCC)N2C(=O)[C@@H]3[C@H](C2=O)[C@H]2C=C[C@H]3C2)CC1)N1C(=O)[C@H]2[C@H](C1=O)[C@H]1C=C[C@H]2C1. The Morgan fingerprint density at radius 1 is 0.591 bits per heavy atom. The minimum absolute atomic E-state index is 0.0870. The standard InChI is InChI=1S/C34H44N4O6/c1-3-5-7-23(37-31(41)25-19-9-10-20(17-19)26(25)32(37)42)29(39)35-13-15-36(16-14-35)30(40)24(8-6-4-2)38-33(43)27-21-11-12-22(18-21)28(27)34(38)44/h9-12,19-28H,3-8,13-18H2,1-2H3/t19-,20-,21-,22-,23-,24+,25-,26+,27+,28+/m0/s1. The predicted molar refractivity (Wildman–Crippen MR) is 159 cm³/mol. The molecule has 0 radical (unpaired) electrons. The Morgan fingerprint density at radius 3 is 1.16 bits per heavy atom. The molecule has 10 nitrogen and oxygen atoms in total. The molecular formula is C34H44N4O6. The molecule has 6 amide bonds. The van der Waals surface area contributed by atoms with Gasteiger partial charge in [0.1, 0.15) is 12.1 Å². The maximum Gasteiger partial charge on any atom is 0.245 e. The number of carbonyl (C=O) groups excluding carboxylic acids is 6. The monoisotopic (exact) mass is 604 g/mol. The van der Waals surface area contributed by atoms with E-state index < -0.39 is 12.1 Å². The number of hydrogen-bond acceptors (Lipinski definition) is 6. The van der Waals surface area contributed by atoms with Crippen LogP contribution in [0, 0.1) is 47.3 Å². The van der Waals surface area contributed by atoms with Crippen molar-refractivity contribution in [2.24, 2.45) is 47.3 Å². The lowest BCUT2D eigenvalue weighted by Crippen LogP contribution is -2.59. The van der Waals surface area contributed by atoms with Gasteiger partial charge in [0, 0.05) is 26.2 Å². The summed E-state index contributed by atoms with van der Waals surface area (Å²) in [6.07, 6.45) is 13.9. The van der Waals surface area contributed by atoms with Gasteiger partial charge in [0.05, 0.1) is 23.7 Å². The van der Waals surface area contributed by atoms with Crippen LogP contribution >= 0.6 is 0 Å². The summed E-state index contributed by atoms with van der Waals surface area (Å²) in [7, 11) is 0. The number of amides is 6. The van der Waals surface area contributed by atoms with Crippen molar-refractivity contribution >= 4 is 35.4 Å². The van der Waals surface area contributed by atoms with Crippen LogP contribution in [-0.2, 0) is 28.8 Å². The quantitative estimate of drug-likeness (QED) is 0.279. The van der Waals surface area contributed by atoms with Crippen LogP contribution in [0.5, 0.6) is 0 Å². The van der Waals surface area contributed by atoms with E-state index in [1.165, 1.54) is 9.80 Å². The summed E-state index contributed by atoms with van der Waals surface area (Å²) in [6, 6.07) is -1.63. The average molecular weight is 605 g/mol.